The number of benzene rings is 2. The van der Waals surface area contributed by atoms with E-state index < -0.39 is 5.91 Å². The Bertz CT molecular complexity index is 1500. The number of carbonyl (C=O) groups is 2. The number of oxazole rings is 1. The van der Waals surface area contributed by atoms with E-state index in [1.807, 2.05) is 0 Å². The highest BCUT2D eigenvalue weighted by atomic mass is 35.5. The van der Waals surface area contributed by atoms with Gasteiger partial charge in [-0.1, -0.05) is 35.9 Å². The van der Waals surface area contributed by atoms with Crippen LogP contribution in [0, 0.1) is 13.5 Å². The maximum Gasteiger partial charge on any atom is 0.252 e. The first-order valence-corrected chi connectivity index (χ1v) is 10.9. The minimum Gasteiger partial charge on any atom is -0.439 e. The number of fused-ring (bicyclic) bond motifs is 2. The molecule has 34 heavy (non-hydrogen) atoms. The fraction of sp³-hybridized carbons (Fsp3) is 0.208. The molecule has 2 aromatic heterocycles. The number of amides is 2. The summed E-state index contributed by atoms with van der Waals surface area (Å²) in [6, 6.07) is 10.4. The van der Waals surface area contributed by atoms with Gasteiger partial charge in [0.1, 0.15) is 11.2 Å². The minimum absolute atomic E-state index is 0.0810. The van der Waals surface area contributed by atoms with Crippen molar-refractivity contribution >= 4 is 40.2 Å². The molecule has 0 bridgehead atoms. The summed E-state index contributed by atoms with van der Waals surface area (Å²) in [4.78, 5) is 34.8. The van der Waals surface area contributed by atoms with Gasteiger partial charge >= 0.3 is 0 Å². The van der Waals surface area contributed by atoms with Gasteiger partial charge in [0.25, 0.3) is 5.91 Å². The molecule has 10 heteroatoms. The highest BCUT2D eigenvalue weighted by Gasteiger charge is 2.30. The molecule has 9 nitrogen and oxygen atoms in total. The lowest BCUT2D eigenvalue weighted by atomic mass is 10.0. The van der Waals surface area contributed by atoms with Crippen molar-refractivity contribution in [1.29, 1.82) is 0 Å². The zero-order valence-corrected chi connectivity index (χ0v) is 19.0. The van der Waals surface area contributed by atoms with E-state index in [0.29, 0.717) is 57.7 Å². The van der Waals surface area contributed by atoms with E-state index in [1.165, 1.54) is 0 Å². The first kappa shape index (κ1) is 21.7. The summed E-state index contributed by atoms with van der Waals surface area (Å²) in [5, 5.41) is 4.98. The van der Waals surface area contributed by atoms with Crippen LogP contribution < -0.4 is 5.73 Å². The van der Waals surface area contributed by atoms with Gasteiger partial charge in [-0.15, -0.1) is 0 Å². The van der Waals surface area contributed by atoms with E-state index in [2.05, 4.69) is 14.9 Å². The molecule has 1 aliphatic rings. The van der Waals surface area contributed by atoms with Crippen molar-refractivity contribution in [3.05, 3.63) is 75.5 Å². The molecule has 4 aromatic rings. The second kappa shape index (κ2) is 8.32. The Morgan fingerprint density at radius 3 is 2.71 bits per heavy atom. The van der Waals surface area contributed by atoms with Gasteiger partial charge in [-0.05, 0) is 17.7 Å². The third kappa shape index (κ3) is 3.78. The Kier molecular flexibility index (Phi) is 5.30. The Balaban J connectivity index is 1.47. The molecule has 1 aliphatic heterocycles. The summed E-state index contributed by atoms with van der Waals surface area (Å²) >= 11 is 6.39. The molecule has 2 aromatic carbocycles. The summed E-state index contributed by atoms with van der Waals surface area (Å²) in [6.07, 6.45) is 0.197. The van der Waals surface area contributed by atoms with Crippen molar-refractivity contribution in [2.75, 3.05) is 6.54 Å². The van der Waals surface area contributed by atoms with Crippen LogP contribution in [0.4, 0.5) is 5.69 Å². The average Bonchev–Trinajstić information content (AvgIpc) is 3.39. The SMILES string of the molecule is [C-]#[N+]c1ccc(CC(=O)N2CCn3nc(-c4cc(Cl)c5oc(C)nc5c4)c(C(N)=O)c3C2)cc1. The molecule has 0 radical (unpaired) electrons. The molecule has 3 heterocycles. The standard InChI is InChI=1S/C24H19ClN6O3/c1-13-28-18-11-15(10-17(25)23(18)34-13)22-21(24(26)33)19-12-30(7-8-31(19)29-22)20(32)9-14-3-5-16(27-2)6-4-14/h3-6,10-11H,7-9,12H2,1H3,(H2,26,33). The maximum absolute atomic E-state index is 13.0. The van der Waals surface area contributed by atoms with Gasteiger partial charge in [0, 0.05) is 19.0 Å². The number of nitrogens with zero attached hydrogens (tertiary/aromatic N) is 5. The van der Waals surface area contributed by atoms with Crippen molar-refractivity contribution in [2.45, 2.75) is 26.4 Å². The summed E-state index contributed by atoms with van der Waals surface area (Å²) in [7, 11) is 0. The topological polar surface area (TPSA) is 112 Å². The first-order chi connectivity index (χ1) is 16.3. The minimum atomic E-state index is -0.632. The van der Waals surface area contributed by atoms with Gasteiger partial charge in [0.15, 0.2) is 17.2 Å². The number of nitrogens with two attached hydrogens (primary N) is 1. The molecule has 0 spiro atoms. The van der Waals surface area contributed by atoms with Gasteiger partial charge in [-0.25, -0.2) is 9.83 Å². The number of primary amides is 1. The molecule has 0 fully saturated rings. The van der Waals surface area contributed by atoms with Crippen LogP contribution in [-0.4, -0.2) is 38.0 Å². The third-order valence-electron chi connectivity index (χ3n) is 5.83. The zero-order valence-electron chi connectivity index (χ0n) is 18.2. The normalized spacial score (nSPS) is 13.0. The zero-order chi connectivity index (χ0) is 24.0. The largest absolute Gasteiger partial charge is 0.439 e. The molecule has 2 amide bonds. The van der Waals surface area contributed by atoms with E-state index in [1.54, 1.807) is 52.9 Å². The highest BCUT2D eigenvalue weighted by molar-refractivity contribution is 6.35. The molecule has 0 saturated heterocycles. The van der Waals surface area contributed by atoms with Crippen molar-refractivity contribution in [3.8, 4) is 11.3 Å². The van der Waals surface area contributed by atoms with Crippen molar-refractivity contribution in [2.24, 2.45) is 5.73 Å². The van der Waals surface area contributed by atoms with Gasteiger partial charge in [0.2, 0.25) is 5.91 Å². The molecule has 0 unspecified atom stereocenters. The quantitative estimate of drug-likeness (QED) is 0.451. The predicted octanol–water partition coefficient (Wildman–Crippen LogP) is 3.89. The molecule has 0 atom stereocenters. The fourth-order valence-electron chi connectivity index (χ4n) is 4.21. The van der Waals surface area contributed by atoms with Gasteiger partial charge in [0.05, 0.1) is 42.4 Å². The monoisotopic (exact) mass is 474 g/mol. The Morgan fingerprint density at radius 2 is 2.00 bits per heavy atom. The van der Waals surface area contributed by atoms with Crippen LogP contribution in [-0.2, 0) is 24.3 Å². The van der Waals surface area contributed by atoms with Crippen molar-refractivity contribution in [1.82, 2.24) is 19.7 Å². The third-order valence-corrected chi connectivity index (χ3v) is 6.11. The molecular weight excluding hydrogens is 456 g/mol. The van der Waals surface area contributed by atoms with Crippen LogP contribution in [0.25, 0.3) is 27.2 Å². The molecule has 2 N–H and O–H groups in total. The van der Waals surface area contributed by atoms with Gasteiger partial charge < -0.3 is 15.1 Å². The van der Waals surface area contributed by atoms with Gasteiger partial charge in [-0.3, -0.25) is 14.3 Å². The van der Waals surface area contributed by atoms with E-state index in [-0.39, 0.29) is 24.4 Å². The Hall–Kier alpha value is -4.16. The number of rotatable bonds is 4. The van der Waals surface area contributed by atoms with Gasteiger partial charge in [-0.2, -0.15) is 5.10 Å². The van der Waals surface area contributed by atoms with Crippen LogP contribution in [0.15, 0.2) is 40.8 Å². The Labute approximate surface area is 199 Å². The molecular formula is C24H19ClN6O3. The average molecular weight is 475 g/mol. The fourth-order valence-corrected chi connectivity index (χ4v) is 4.46. The van der Waals surface area contributed by atoms with E-state index in [9.17, 15) is 9.59 Å². The summed E-state index contributed by atoms with van der Waals surface area (Å²) in [5.74, 6) is -0.235. The number of aromatic nitrogens is 3. The van der Waals surface area contributed by atoms with Crippen molar-refractivity contribution in [3.63, 3.8) is 0 Å². The Morgan fingerprint density at radius 1 is 1.24 bits per heavy atom. The van der Waals surface area contributed by atoms with E-state index in [0.717, 1.165) is 5.56 Å². The number of aryl methyl sites for hydroxylation is 1. The van der Waals surface area contributed by atoms with E-state index in [4.69, 9.17) is 28.3 Å². The summed E-state index contributed by atoms with van der Waals surface area (Å²) in [6.45, 7) is 9.86. The lowest BCUT2D eigenvalue weighted by molar-refractivity contribution is -0.132. The highest BCUT2D eigenvalue weighted by Crippen LogP contribution is 2.34. The van der Waals surface area contributed by atoms with Crippen LogP contribution in [0.3, 0.4) is 0 Å². The predicted molar refractivity (Wildman–Crippen MR) is 125 cm³/mol. The number of halogens is 1. The molecule has 5 rings (SSSR count). The number of carbonyl (C=O) groups excluding carboxylic acids is 2. The smallest absolute Gasteiger partial charge is 0.252 e. The lowest BCUT2D eigenvalue weighted by Crippen LogP contribution is -2.40. The second-order valence-corrected chi connectivity index (χ2v) is 8.47. The summed E-state index contributed by atoms with van der Waals surface area (Å²) < 4.78 is 7.25. The van der Waals surface area contributed by atoms with Crippen LogP contribution in [0.1, 0.15) is 27.5 Å². The first-order valence-electron chi connectivity index (χ1n) is 10.5. The molecule has 0 aliphatic carbocycles. The molecule has 0 saturated carbocycles. The van der Waals surface area contributed by atoms with E-state index >= 15 is 0 Å². The number of hydrogen-bond acceptors (Lipinski definition) is 5. The number of hydrogen-bond donors (Lipinski definition) is 1. The summed E-state index contributed by atoms with van der Waals surface area (Å²) in [5.41, 5.74) is 9.96. The van der Waals surface area contributed by atoms with Crippen molar-refractivity contribution < 1.29 is 14.0 Å². The van der Waals surface area contributed by atoms with Crippen LogP contribution >= 0.6 is 11.6 Å². The van der Waals surface area contributed by atoms with Crippen LogP contribution in [0.2, 0.25) is 5.02 Å². The van der Waals surface area contributed by atoms with Crippen LogP contribution in [0.5, 0.6) is 0 Å². The lowest BCUT2D eigenvalue weighted by Gasteiger charge is -2.28. The second-order valence-electron chi connectivity index (χ2n) is 8.07. The molecule has 170 valence electrons. The maximum atomic E-state index is 13.0.